The molecule has 6 heteroatoms. The number of hydrogen-bond donors (Lipinski definition) is 2. The maximum absolute atomic E-state index is 11.8. The van der Waals surface area contributed by atoms with Gasteiger partial charge in [-0.15, -0.1) is 0 Å². The van der Waals surface area contributed by atoms with Crippen LogP contribution in [0.2, 0.25) is 0 Å². The summed E-state index contributed by atoms with van der Waals surface area (Å²) in [5, 5.41) is 33.0. The van der Waals surface area contributed by atoms with Crippen molar-refractivity contribution in [3.63, 3.8) is 0 Å². The summed E-state index contributed by atoms with van der Waals surface area (Å²) in [5.41, 5.74) is -0.278. The molecule has 180 valence electrons. The molecule has 0 unspecified atom stereocenters. The molecule has 4 aliphatic carbocycles. The van der Waals surface area contributed by atoms with Crippen LogP contribution in [0.5, 0.6) is 5.75 Å². The maximum atomic E-state index is 11.8. The number of hydrogen-bond acceptors (Lipinski definition) is 5. The highest BCUT2D eigenvalue weighted by Gasteiger charge is 2.64. The standard InChI is InChI=1S/C27H38N2O4/c1-25-12-4-3-5-19(25)6-8-21-22(25)10-13-26(2)23(21)11-14-27(26,31)17-28-16-18-15-20(29(32)33)7-9-24(18)30/h7,9,15-16,19,21-23,30-31H,3-6,8,10-14,17H2,1-2H3/t19-,21-,22+,23-,25+,26+,27-/m1/s1. The van der Waals surface area contributed by atoms with Gasteiger partial charge in [-0.2, -0.15) is 0 Å². The lowest BCUT2D eigenvalue weighted by atomic mass is 9.44. The van der Waals surface area contributed by atoms with Crippen molar-refractivity contribution < 1.29 is 15.1 Å². The van der Waals surface area contributed by atoms with E-state index in [0.29, 0.717) is 22.8 Å². The number of phenolic OH excluding ortho intramolecular Hbond substituents is 1. The minimum atomic E-state index is -0.861. The SMILES string of the molecule is C[C@]12CCCC[C@@H]1CC[C@H]1[C@H]3CC[C@@](O)(CN=Cc4cc([N+](=O)[O-])ccc4O)[C@@]3(C)CC[C@@H]12. The zero-order valence-corrected chi connectivity index (χ0v) is 20.0. The molecule has 0 aliphatic heterocycles. The average Bonchev–Trinajstić information content (AvgIpc) is 3.05. The lowest BCUT2D eigenvalue weighted by Crippen LogP contribution is -2.56. The van der Waals surface area contributed by atoms with Gasteiger partial charge in [-0.05, 0) is 86.5 Å². The fraction of sp³-hybridized carbons (Fsp3) is 0.741. The average molecular weight is 455 g/mol. The van der Waals surface area contributed by atoms with Crippen molar-refractivity contribution in [1.29, 1.82) is 0 Å². The number of nitro groups is 1. The molecule has 0 saturated heterocycles. The van der Waals surface area contributed by atoms with Gasteiger partial charge in [-0.25, -0.2) is 0 Å². The minimum absolute atomic E-state index is 0.0372. The molecule has 1 aromatic rings. The molecule has 4 aliphatic rings. The van der Waals surface area contributed by atoms with Gasteiger partial charge < -0.3 is 10.2 Å². The van der Waals surface area contributed by atoms with Crippen LogP contribution in [0.1, 0.15) is 83.6 Å². The smallest absolute Gasteiger partial charge is 0.270 e. The van der Waals surface area contributed by atoms with E-state index in [4.69, 9.17) is 0 Å². The van der Waals surface area contributed by atoms with Crippen LogP contribution >= 0.6 is 0 Å². The Balaban J connectivity index is 1.34. The van der Waals surface area contributed by atoms with E-state index in [1.165, 1.54) is 69.4 Å². The molecule has 2 N–H and O–H groups in total. The molecule has 4 saturated carbocycles. The monoisotopic (exact) mass is 454 g/mol. The highest BCUT2D eigenvalue weighted by Crippen LogP contribution is 2.68. The summed E-state index contributed by atoms with van der Waals surface area (Å²) < 4.78 is 0. The van der Waals surface area contributed by atoms with Gasteiger partial charge >= 0.3 is 0 Å². The van der Waals surface area contributed by atoms with E-state index < -0.39 is 10.5 Å². The molecule has 7 atom stereocenters. The largest absolute Gasteiger partial charge is 0.507 e. The van der Waals surface area contributed by atoms with E-state index in [1.54, 1.807) is 0 Å². The van der Waals surface area contributed by atoms with Crippen LogP contribution in [-0.4, -0.2) is 33.5 Å². The van der Waals surface area contributed by atoms with Gasteiger partial charge in [0.15, 0.2) is 0 Å². The lowest BCUT2D eigenvalue weighted by Gasteiger charge is -2.61. The van der Waals surface area contributed by atoms with Crippen molar-refractivity contribution in [3.05, 3.63) is 33.9 Å². The van der Waals surface area contributed by atoms with E-state index >= 15 is 0 Å². The molecule has 33 heavy (non-hydrogen) atoms. The number of phenols is 1. The number of nitrogens with zero attached hydrogens (tertiary/aromatic N) is 2. The number of rotatable bonds is 4. The molecule has 1 aromatic carbocycles. The summed E-state index contributed by atoms with van der Waals surface area (Å²) >= 11 is 0. The van der Waals surface area contributed by atoms with Crippen LogP contribution < -0.4 is 0 Å². The molecule has 0 amide bonds. The van der Waals surface area contributed by atoms with E-state index in [9.17, 15) is 20.3 Å². The normalized spacial score (nSPS) is 42.5. The van der Waals surface area contributed by atoms with Gasteiger partial charge in [0.05, 0.1) is 17.1 Å². The Labute approximate surface area is 196 Å². The Kier molecular flexibility index (Phi) is 5.58. The van der Waals surface area contributed by atoms with Crippen molar-refractivity contribution in [1.82, 2.24) is 0 Å². The van der Waals surface area contributed by atoms with Gasteiger partial charge in [0.2, 0.25) is 0 Å². The fourth-order valence-corrected chi connectivity index (χ4v) is 8.72. The van der Waals surface area contributed by atoms with Gasteiger partial charge in [-0.3, -0.25) is 15.1 Å². The fourth-order valence-electron chi connectivity index (χ4n) is 8.72. The number of benzene rings is 1. The Bertz CT molecular complexity index is 963. The Morgan fingerprint density at radius 3 is 2.67 bits per heavy atom. The number of nitro benzene ring substituents is 1. The lowest BCUT2D eigenvalue weighted by molar-refractivity contribution is -0.384. The van der Waals surface area contributed by atoms with Gasteiger partial charge in [0, 0.05) is 29.3 Å². The number of fused-ring (bicyclic) bond motifs is 5. The summed E-state index contributed by atoms with van der Waals surface area (Å²) in [7, 11) is 0. The van der Waals surface area contributed by atoms with Crippen LogP contribution in [0.15, 0.2) is 23.2 Å². The van der Waals surface area contributed by atoms with Gasteiger partial charge in [-0.1, -0.05) is 26.7 Å². The second-order valence-electron chi connectivity index (χ2n) is 11.9. The van der Waals surface area contributed by atoms with E-state index in [0.717, 1.165) is 31.1 Å². The highest BCUT2D eigenvalue weighted by molar-refractivity contribution is 5.84. The van der Waals surface area contributed by atoms with Gasteiger partial charge in [0.25, 0.3) is 5.69 Å². The van der Waals surface area contributed by atoms with E-state index in [-0.39, 0.29) is 23.4 Å². The third kappa shape index (κ3) is 3.51. The third-order valence-electron chi connectivity index (χ3n) is 10.7. The first-order valence-corrected chi connectivity index (χ1v) is 12.9. The summed E-state index contributed by atoms with van der Waals surface area (Å²) in [6, 6.07) is 3.93. The Morgan fingerprint density at radius 1 is 1.09 bits per heavy atom. The zero-order chi connectivity index (χ0) is 23.4. The summed E-state index contributed by atoms with van der Waals surface area (Å²) in [5.74, 6) is 2.90. The first kappa shape index (κ1) is 22.8. The van der Waals surface area contributed by atoms with Crippen LogP contribution in [0.25, 0.3) is 0 Å². The molecule has 0 bridgehead atoms. The molecule has 6 nitrogen and oxygen atoms in total. The molecule has 0 radical (unpaired) electrons. The first-order chi connectivity index (χ1) is 15.7. The van der Waals surface area contributed by atoms with E-state index in [2.05, 4.69) is 18.8 Å². The second kappa shape index (κ2) is 8.07. The number of aliphatic imine (C=N–C) groups is 1. The Morgan fingerprint density at radius 2 is 1.88 bits per heavy atom. The highest BCUT2D eigenvalue weighted by atomic mass is 16.6. The molecular formula is C27H38N2O4. The topological polar surface area (TPSA) is 96.0 Å². The molecule has 0 aromatic heterocycles. The van der Waals surface area contributed by atoms with E-state index in [1.807, 2.05) is 0 Å². The maximum Gasteiger partial charge on any atom is 0.270 e. The van der Waals surface area contributed by atoms with Crippen LogP contribution in [0.3, 0.4) is 0 Å². The predicted molar refractivity (Wildman–Crippen MR) is 129 cm³/mol. The first-order valence-electron chi connectivity index (χ1n) is 12.9. The van der Waals surface area contributed by atoms with Crippen molar-refractivity contribution >= 4 is 11.9 Å². The summed E-state index contributed by atoms with van der Waals surface area (Å²) in [6.45, 7) is 5.14. The zero-order valence-electron chi connectivity index (χ0n) is 20.0. The molecule has 0 spiro atoms. The number of non-ortho nitro benzene ring substituents is 1. The number of aliphatic hydroxyl groups is 1. The second-order valence-corrected chi connectivity index (χ2v) is 11.9. The van der Waals surface area contributed by atoms with Crippen molar-refractivity contribution in [2.24, 2.45) is 39.5 Å². The molecular weight excluding hydrogens is 416 g/mol. The van der Waals surface area contributed by atoms with Crippen molar-refractivity contribution in [3.8, 4) is 5.75 Å². The van der Waals surface area contributed by atoms with Crippen LogP contribution in [0.4, 0.5) is 5.69 Å². The molecule has 0 heterocycles. The summed E-state index contributed by atoms with van der Waals surface area (Å²) in [4.78, 5) is 15.1. The third-order valence-corrected chi connectivity index (χ3v) is 10.7. The summed E-state index contributed by atoms with van der Waals surface area (Å²) in [6.07, 6.45) is 13.8. The Hall–Kier alpha value is -1.95. The number of aromatic hydroxyl groups is 1. The van der Waals surface area contributed by atoms with Crippen molar-refractivity contribution in [2.45, 2.75) is 83.7 Å². The van der Waals surface area contributed by atoms with Crippen LogP contribution in [0, 0.1) is 44.6 Å². The molecule has 4 fully saturated rings. The predicted octanol–water partition coefficient (Wildman–Crippen LogP) is 5.88. The molecule has 5 rings (SSSR count). The van der Waals surface area contributed by atoms with Gasteiger partial charge in [0.1, 0.15) is 5.75 Å². The minimum Gasteiger partial charge on any atom is -0.507 e. The quantitative estimate of drug-likeness (QED) is 0.337. The van der Waals surface area contributed by atoms with Crippen LogP contribution in [-0.2, 0) is 0 Å². The van der Waals surface area contributed by atoms with Crippen molar-refractivity contribution in [2.75, 3.05) is 6.54 Å².